The van der Waals surface area contributed by atoms with E-state index in [1.54, 1.807) is 4.90 Å². The lowest BCUT2D eigenvalue weighted by molar-refractivity contribution is 0.203. The molecule has 0 saturated carbocycles. The third-order valence-electron chi connectivity index (χ3n) is 6.42. The highest BCUT2D eigenvalue weighted by atomic mass is 35.5. The maximum absolute atomic E-state index is 13.7. The number of hydrogen-bond donors (Lipinski definition) is 1. The van der Waals surface area contributed by atoms with Crippen LogP contribution in [0.5, 0.6) is 0 Å². The number of nitrogens with zero attached hydrogens (tertiary/aromatic N) is 2. The van der Waals surface area contributed by atoms with Crippen molar-refractivity contribution in [2.24, 2.45) is 0 Å². The van der Waals surface area contributed by atoms with Crippen LogP contribution in [0.15, 0.2) is 115 Å². The zero-order valence-corrected chi connectivity index (χ0v) is 24.6. The number of anilines is 2. The number of nitrogens with one attached hydrogen (secondary N) is 1. The van der Waals surface area contributed by atoms with Gasteiger partial charge < -0.3 is 10.2 Å². The molecule has 4 aromatic rings. The molecule has 0 atom stereocenters. The van der Waals surface area contributed by atoms with Gasteiger partial charge in [-0.3, -0.25) is 4.90 Å². The molecule has 0 heterocycles. The minimum absolute atomic E-state index is 0.0502. The van der Waals surface area contributed by atoms with Gasteiger partial charge in [0.1, 0.15) is 0 Å². The molecule has 0 aliphatic carbocycles. The highest BCUT2D eigenvalue weighted by Crippen LogP contribution is 2.29. The number of carbonyl (C=O) groups is 1. The number of carbonyl (C=O) groups excluding carboxylic acids is 1. The van der Waals surface area contributed by atoms with Gasteiger partial charge in [-0.1, -0.05) is 123 Å². The molecule has 0 aliphatic heterocycles. The predicted octanol–water partition coefficient (Wildman–Crippen LogP) is 9.48. The topological polar surface area (TPSA) is 35.6 Å². The third-order valence-corrected chi connectivity index (χ3v) is 6.65. The summed E-state index contributed by atoms with van der Waals surface area (Å²) in [6.07, 6.45) is 4.52. The van der Waals surface area contributed by atoms with E-state index in [1.807, 2.05) is 77.7 Å². The second-order valence-electron chi connectivity index (χ2n) is 9.71. The molecule has 4 nitrogen and oxygen atoms in total. The van der Waals surface area contributed by atoms with E-state index in [1.165, 1.54) is 18.4 Å². The zero-order chi connectivity index (χ0) is 28.4. The number of para-hydroxylation sites is 1. The molecule has 4 rings (SSSR count). The Morgan fingerprint density at radius 1 is 0.700 bits per heavy atom. The molecule has 40 heavy (non-hydrogen) atoms. The number of rotatable bonds is 12. The van der Waals surface area contributed by atoms with Gasteiger partial charge in [0.2, 0.25) is 0 Å². The number of halogens is 1. The van der Waals surface area contributed by atoms with Crippen LogP contribution in [0.3, 0.4) is 0 Å². The van der Waals surface area contributed by atoms with Gasteiger partial charge >= 0.3 is 6.03 Å². The molecule has 2 amide bonds. The van der Waals surface area contributed by atoms with Crippen molar-refractivity contribution in [2.45, 2.75) is 52.6 Å². The first-order chi connectivity index (χ1) is 19.6. The Morgan fingerprint density at radius 3 is 1.88 bits per heavy atom. The average Bonchev–Trinajstić information content (AvgIpc) is 2.99. The van der Waals surface area contributed by atoms with Gasteiger partial charge in [0.15, 0.2) is 0 Å². The highest BCUT2D eigenvalue weighted by molar-refractivity contribution is 6.31. The van der Waals surface area contributed by atoms with Crippen molar-refractivity contribution in [3.8, 4) is 0 Å². The van der Waals surface area contributed by atoms with Crippen LogP contribution in [0.25, 0.3) is 0 Å². The van der Waals surface area contributed by atoms with Gasteiger partial charge in [0.25, 0.3) is 0 Å². The Morgan fingerprint density at radius 2 is 1.27 bits per heavy atom. The number of amides is 2. The van der Waals surface area contributed by atoms with Crippen molar-refractivity contribution in [1.29, 1.82) is 0 Å². The predicted molar refractivity (Wildman–Crippen MR) is 170 cm³/mol. The Hall–Kier alpha value is -3.60. The van der Waals surface area contributed by atoms with Crippen LogP contribution in [0.4, 0.5) is 16.2 Å². The minimum Gasteiger partial charge on any atom is -0.320 e. The first-order valence-electron chi connectivity index (χ1n) is 14.3. The van der Waals surface area contributed by atoms with Crippen LogP contribution in [-0.2, 0) is 13.1 Å². The lowest BCUT2D eigenvalue weighted by Crippen LogP contribution is -2.41. The molecule has 0 unspecified atom stereocenters. The van der Waals surface area contributed by atoms with E-state index in [-0.39, 0.29) is 6.03 Å². The van der Waals surface area contributed by atoms with Crippen molar-refractivity contribution >= 4 is 29.0 Å². The largest absolute Gasteiger partial charge is 0.329 e. The van der Waals surface area contributed by atoms with E-state index >= 15 is 0 Å². The molecule has 210 valence electrons. The van der Waals surface area contributed by atoms with Crippen molar-refractivity contribution in [3.05, 3.63) is 131 Å². The van der Waals surface area contributed by atoms with E-state index in [9.17, 15) is 4.79 Å². The quantitative estimate of drug-likeness (QED) is 0.177. The summed E-state index contributed by atoms with van der Waals surface area (Å²) in [6.45, 7) is 7.76. The third kappa shape index (κ3) is 10.5. The molecule has 4 aromatic carbocycles. The summed E-state index contributed by atoms with van der Waals surface area (Å²) in [5.41, 5.74) is 4.07. The average molecular weight is 556 g/mol. The van der Waals surface area contributed by atoms with Crippen LogP contribution in [0.1, 0.15) is 50.7 Å². The molecule has 0 bridgehead atoms. The van der Waals surface area contributed by atoms with E-state index < -0.39 is 0 Å². The lowest BCUT2D eigenvalue weighted by atomic mass is 10.2. The first-order valence-corrected chi connectivity index (χ1v) is 14.7. The van der Waals surface area contributed by atoms with Gasteiger partial charge in [-0.2, -0.15) is 0 Å². The molecule has 0 fully saturated rings. The van der Waals surface area contributed by atoms with E-state index in [2.05, 4.69) is 61.6 Å². The summed E-state index contributed by atoms with van der Waals surface area (Å²) in [6, 6.07) is 37.7. The van der Waals surface area contributed by atoms with Crippen molar-refractivity contribution in [2.75, 3.05) is 18.0 Å². The summed E-state index contributed by atoms with van der Waals surface area (Å²) in [4.78, 5) is 17.3. The van der Waals surface area contributed by atoms with E-state index in [0.717, 1.165) is 42.9 Å². The summed E-state index contributed by atoms with van der Waals surface area (Å²) < 4.78 is 0. The fourth-order valence-corrected chi connectivity index (χ4v) is 4.41. The van der Waals surface area contributed by atoms with Crippen LogP contribution in [0, 0.1) is 0 Å². The van der Waals surface area contributed by atoms with Gasteiger partial charge in [0.05, 0.1) is 11.4 Å². The smallest absolute Gasteiger partial charge is 0.320 e. The number of unbranched alkanes of at least 4 members (excludes halogenated alkanes) is 2. The molecule has 5 heteroatoms. The second kappa shape index (κ2) is 17.9. The van der Waals surface area contributed by atoms with Gasteiger partial charge in [-0.25, -0.2) is 4.79 Å². The van der Waals surface area contributed by atoms with Crippen molar-refractivity contribution < 1.29 is 4.79 Å². The lowest BCUT2D eigenvalue weighted by Gasteiger charge is -2.31. The first kappa shape index (κ1) is 30.9. The minimum atomic E-state index is -0.0502. The number of hydrogen-bond acceptors (Lipinski definition) is 2. The maximum Gasteiger partial charge on any atom is 0.329 e. The Kier molecular flexibility index (Phi) is 13.8. The molecular formula is C35H42ClN3O. The molecule has 0 radical (unpaired) electrons. The highest BCUT2D eigenvalue weighted by Gasteiger charge is 2.24. The standard InChI is InChI=1S/C24H25ClN2O.C11H17N/c1-2-3-17-26(19-20-11-6-4-7-12-20)24(28)27(22-14-8-5-9-15-22)23-16-10-13-21(25)18-23;1-2-3-9-12-10-11-7-5-4-6-8-11/h4-16,18H,2-3,17,19H2,1H3;4-8,12H,2-3,9-10H2,1H3. The molecule has 0 saturated heterocycles. The Balaban J connectivity index is 0.000000307. The van der Waals surface area contributed by atoms with Crippen LogP contribution < -0.4 is 10.2 Å². The van der Waals surface area contributed by atoms with Crippen molar-refractivity contribution in [1.82, 2.24) is 10.2 Å². The van der Waals surface area contributed by atoms with E-state index in [0.29, 0.717) is 18.1 Å². The zero-order valence-electron chi connectivity index (χ0n) is 23.8. The van der Waals surface area contributed by atoms with Gasteiger partial charge in [-0.15, -0.1) is 0 Å². The fourth-order valence-electron chi connectivity index (χ4n) is 4.23. The molecule has 1 N–H and O–H groups in total. The maximum atomic E-state index is 13.7. The fraction of sp³-hybridized carbons (Fsp3) is 0.286. The summed E-state index contributed by atoms with van der Waals surface area (Å²) in [5, 5.41) is 4.01. The summed E-state index contributed by atoms with van der Waals surface area (Å²) in [5.74, 6) is 0. The Bertz CT molecular complexity index is 1240. The molecular weight excluding hydrogens is 514 g/mol. The SMILES string of the molecule is CCCCN(Cc1ccccc1)C(=O)N(c1ccccc1)c1cccc(Cl)c1.CCCCNCc1ccccc1. The van der Waals surface area contributed by atoms with Crippen molar-refractivity contribution in [3.63, 3.8) is 0 Å². The Labute approximate surface area is 245 Å². The van der Waals surface area contributed by atoms with Crippen LogP contribution in [0.2, 0.25) is 5.02 Å². The van der Waals surface area contributed by atoms with Gasteiger partial charge in [-0.05, 0) is 60.8 Å². The summed E-state index contributed by atoms with van der Waals surface area (Å²) in [7, 11) is 0. The number of urea groups is 1. The van der Waals surface area contributed by atoms with Gasteiger partial charge in [0, 0.05) is 24.7 Å². The summed E-state index contributed by atoms with van der Waals surface area (Å²) >= 11 is 6.22. The number of benzene rings is 4. The van der Waals surface area contributed by atoms with Crippen LogP contribution >= 0.6 is 11.6 Å². The molecule has 0 aliphatic rings. The normalized spacial score (nSPS) is 10.4. The van der Waals surface area contributed by atoms with E-state index in [4.69, 9.17) is 11.6 Å². The van der Waals surface area contributed by atoms with Crippen LogP contribution in [-0.4, -0.2) is 24.0 Å². The second-order valence-corrected chi connectivity index (χ2v) is 10.1. The monoisotopic (exact) mass is 555 g/mol. The molecule has 0 spiro atoms. The molecule has 0 aromatic heterocycles.